The number of ketones is 1. The van der Waals surface area contributed by atoms with Crippen LogP contribution in [0.5, 0.6) is 0 Å². The molecule has 0 aliphatic carbocycles. The normalized spacial score (nSPS) is 19.8. The summed E-state index contributed by atoms with van der Waals surface area (Å²) in [5.41, 5.74) is -0.137. The molecule has 1 aliphatic heterocycles. The number of rotatable bonds is 4. The average molecular weight is 347 g/mol. The summed E-state index contributed by atoms with van der Waals surface area (Å²) in [5.74, 6) is -0.751. The Bertz CT molecular complexity index is 1020. The minimum Gasteiger partial charge on any atom is -0.359 e. The number of benzene rings is 2. The molecule has 2 N–H and O–H groups in total. The first-order valence-corrected chi connectivity index (χ1v) is 8.29. The lowest BCUT2D eigenvalue weighted by Gasteiger charge is -2.24. The summed E-state index contributed by atoms with van der Waals surface area (Å²) in [6.45, 7) is 1.37. The largest absolute Gasteiger partial charge is 0.359 e. The summed E-state index contributed by atoms with van der Waals surface area (Å²) in [4.78, 5) is 41.6. The molecular weight excluding hydrogens is 330 g/mol. The van der Waals surface area contributed by atoms with E-state index >= 15 is 0 Å². The van der Waals surface area contributed by atoms with Crippen LogP contribution in [0, 0.1) is 0 Å². The summed E-state index contributed by atoms with van der Waals surface area (Å²) in [5, 5.41) is 4.64. The quantitative estimate of drug-likeness (QED) is 0.562. The number of nitrogens with zero attached hydrogens (tertiary/aromatic N) is 1. The molecule has 1 saturated heterocycles. The maximum atomic E-state index is 13.1. The number of amides is 3. The Morgan fingerprint density at radius 2 is 1.81 bits per heavy atom. The van der Waals surface area contributed by atoms with Crippen molar-refractivity contribution in [2.45, 2.75) is 12.5 Å². The van der Waals surface area contributed by atoms with Crippen LogP contribution in [-0.2, 0) is 10.3 Å². The molecule has 2 aromatic carbocycles. The van der Waals surface area contributed by atoms with Crippen molar-refractivity contribution in [2.24, 2.45) is 0 Å². The van der Waals surface area contributed by atoms with E-state index in [9.17, 15) is 14.4 Å². The van der Waals surface area contributed by atoms with E-state index in [1.165, 1.54) is 0 Å². The fraction of sp³-hybridized carbons (Fsp3) is 0.150. The molecule has 1 aliphatic rings. The van der Waals surface area contributed by atoms with Crippen molar-refractivity contribution in [3.05, 3.63) is 72.1 Å². The van der Waals surface area contributed by atoms with Crippen molar-refractivity contribution in [2.75, 3.05) is 6.54 Å². The Kier molecular flexibility index (Phi) is 3.61. The number of hydrogen-bond acceptors (Lipinski definition) is 3. The fourth-order valence-electron chi connectivity index (χ4n) is 3.42. The third-order valence-corrected chi connectivity index (χ3v) is 4.80. The number of imide groups is 1. The highest BCUT2D eigenvalue weighted by atomic mass is 16.2. The van der Waals surface area contributed by atoms with Gasteiger partial charge in [-0.15, -0.1) is 0 Å². The molecule has 3 aromatic rings. The zero-order chi connectivity index (χ0) is 18.3. The van der Waals surface area contributed by atoms with Crippen LogP contribution in [0.15, 0.2) is 60.8 Å². The highest BCUT2D eigenvalue weighted by molar-refractivity contribution is 6.12. The lowest BCUT2D eigenvalue weighted by atomic mass is 9.88. The summed E-state index contributed by atoms with van der Waals surface area (Å²) in [6, 6.07) is 16.1. The predicted octanol–water partition coefficient (Wildman–Crippen LogP) is 2.82. The minimum absolute atomic E-state index is 0.300. The van der Waals surface area contributed by atoms with Gasteiger partial charge in [-0.2, -0.15) is 0 Å². The van der Waals surface area contributed by atoms with Crippen LogP contribution in [0.3, 0.4) is 0 Å². The first-order valence-electron chi connectivity index (χ1n) is 8.29. The number of urea groups is 1. The molecule has 6 nitrogen and oxygen atoms in total. The van der Waals surface area contributed by atoms with Gasteiger partial charge < -0.3 is 10.3 Å². The molecule has 1 aromatic heterocycles. The van der Waals surface area contributed by atoms with Crippen molar-refractivity contribution in [1.82, 2.24) is 15.2 Å². The van der Waals surface area contributed by atoms with Crippen LogP contribution in [0.2, 0.25) is 0 Å². The van der Waals surface area contributed by atoms with E-state index in [0.29, 0.717) is 11.3 Å². The van der Waals surface area contributed by atoms with Gasteiger partial charge in [0.2, 0.25) is 0 Å². The van der Waals surface area contributed by atoms with Gasteiger partial charge >= 0.3 is 6.03 Å². The van der Waals surface area contributed by atoms with Gasteiger partial charge in [-0.1, -0.05) is 42.5 Å². The minimum atomic E-state index is -1.21. The first-order chi connectivity index (χ1) is 12.5. The molecule has 26 heavy (non-hydrogen) atoms. The number of aromatic nitrogens is 1. The second kappa shape index (κ2) is 5.84. The molecule has 0 saturated carbocycles. The van der Waals surface area contributed by atoms with Gasteiger partial charge in [-0.3, -0.25) is 14.5 Å². The topological polar surface area (TPSA) is 82.3 Å². The predicted molar refractivity (Wildman–Crippen MR) is 96.7 cm³/mol. The zero-order valence-corrected chi connectivity index (χ0v) is 14.2. The van der Waals surface area contributed by atoms with Crippen LogP contribution in [0.25, 0.3) is 10.8 Å². The second-order valence-electron chi connectivity index (χ2n) is 6.48. The Balaban J connectivity index is 1.70. The third kappa shape index (κ3) is 2.38. The molecule has 4 rings (SSSR count). The highest BCUT2D eigenvalue weighted by Gasteiger charge is 2.50. The number of carbonyl (C=O) groups excluding carboxylic acids is 3. The Morgan fingerprint density at radius 3 is 2.58 bits per heavy atom. The molecule has 0 unspecified atom stereocenters. The summed E-state index contributed by atoms with van der Waals surface area (Å²) < 4.78 is 0. The fourth-order valence-corrected chi connectivity index (χ4v) is 3.42. The standard InChI is InChI=1S/C20H17N3O3/c1-20(15-9-4-7-13-6-2-3-8-14(13)15)18(25)23(19(26)22-20)12-17(24)16-10-5-11-21-16/h2-11,21H,12H2,1H3,(H,22,26)/t20-/m0/s1. The Morgan fingerprint density at radius 1 is 1.04 bits per heavy atom. The summed E-state index contributed by atoms with van der Waals surface area (Å²) in [7, 11) is 0. The molecule has 0 bridgehead atoms. The average Bonchev–Trinajstić information content (AvgIpc) is 3.25. The van der Waals surface area contributed by atoms with E-state index < -0.39 is 17.5 Å². The van der Waals surface area contributed by atoms with Gasteiger partial charge in [-0.05, 0) is 35.4 Å². The molecule has 3 amide bonds. The number of fused-ring (bicyclic) bond motifs is 1. The smallest absolute Gasteiger partial charge is 0.325 e. The monoisotopic (exact) mass is 347 g/mol. The molecule has 0 radical (unpaired) electrons. The van der Waals surface area contributed by atoms with Crippen molar-refractivity contribution in [3.8, 4) is 0 Å². The lowest BCUT2D eigenvalue weighted by Crippen LogP contribution is -2.41. The van der Waals surface area contributed by atoms with E-state index in [1.807, 2.05) is 42.5 Å². The molecule has 1 fully saturated rings. The van der Waals surface area contributed by atoms with Gasteiger partial charge in [0.05, 0.1) is 12.2 Å². The highest BCUT2D eigenvalue weighted by Crippen LogP contribution is 2.33. The Labute approximate surface area is 149 Å². The molecule has 0 spiro atoms. The molecular formula is C20H17N3O3. The van der Waals surface area contributed by atoms with Crippen LogP contribution in [-0.4, -0.2) is 34.2 Å². The number of Topliss-reactive ketones (excluding diaryl/α,β-unsaturated/α-hetero) is 1. The van der Waals surface area contributed by atoms with Gasteiger partial charge in [0.15, 0.2) is 5.78 Å². The van der Waals surface area contributed by atoms with E-state index in [0.717, 1.165) is 15.7 Å². The molecule has 6 heteroatoms. The summed E-state index contributed by atoms with van der Waals surface area (Å²) >= 11 is 0. The van der Waals surface area contributed by atoms with Crippen molar-refractivity contribution in [3.63, 3.8) is 0 Å². The Hall–Kier alpha value is -3.41. The maximum absolute atomic E-state index is 13.1. The lowest BCUT2D eigenvalue weighted by molar-refractivity contribution is -0.130. The first kappa shape index (κ1) is 16.1. The maximum Gasteiger partial charge on any atom is 0.325 e. The number of carbonyl (C=O) groups is 3. The SMILES string of the molecule is C[C@@]1(c2cccc3ccccc23)NC(=O)N(CC(=O)c2ccc[nH]2)C1=O. The van der Waals surface area contributed by atoms with E-state index in [-0.39, 0.29) is 12.3 Å². The summed E-state index contributed by atoms with van der Waals surface area (Å²) in [6.07, 6.45) is 1.62. The zero-order valence-electron chi connectivity index (χ0n) is 14.2. The number of aromatic amines is 1. The van der Waals surface area contributed by atoms with Crippen LogP contribution in [0.1, 0.15) is 23.0 Å². The van der Waals surface area contributed by atoms with Gasteiger partial charge in [0, 0.05) is 6.20 Å². The molecule has 130 valence electrons. The van der Waals surface area contributed by atoms with Gasteiger partial charge in [-0.25, -0.2) is 4.79 Å². The van der Waals surface area contributed by atoms with Crippen LogP contribution < -0.4 is 5.32 Å². The number of hydrogen-bond donors (Lipinski definition) is 2. The van der Waals surface area contributed by atoms with Crippen molar-refractivity contribution < 1.29 is 14.4 Å². The van der Waals surface area contributed by atoms with E-state index in [1.54, 1.807) is 25.3 Å². The number of nitrogens with one attached hydrogen (secondary N) is 2. The van der Waals surface area contributed by atoms with Gasteiger partial charge in [0.1, 0.15) is 5.54 Å². The number of H-pyrrole nitrogens is 1. The second-order valence-corrected chi connectivity index (χ2v) is 6.48. The molecule has 1 atom stereocenters. The van der Waals surface area contributed by atoms with Crippen molar-refractivity contribution >= 4 is 28.5 Å². The third-order valence-electron chi connectivity index (χ3n) is 4.80. The van der Waals surface area contributed by atoms with Crippen molar-refractivity contribution in [1.29, 1.82) is 0 Å². The molecule has 2 heterocycles. The van der Waals surface area contributed by atoms with E-state index in [4.69, 9.17) is 0 Å². The van der Waals surface area contributed by atoms with Gasteiger partial charge in [0.25, 0.3) is 5.91 Å². The van der Waals surface area contributed by atoms with E-state index in [2.05, 4.69) is 10.3 Å². The van der Waals surface area contributed by atoms with Crippen LogP contribution >= 0.6 is 0 Å². The van der Waals surface area contributed by atoms with Crippen LogP contribution in [0.4, 0.5) is 4.79 Å².